The van der Waals surface area contributed by atoms with Gasteiger partial charge in [-0.1, -0.05) is 6.42 Å². The molecule has 0 aromatic heterocycles. The molecule has 2 N–H and O–H groups in total. The minimum absolute atomic E-state index is 0.000697. The van der Waals surface area contributed by atoms with Crippen molar-refractivity contribution >= 4 is 17.8 Å². The fraction of sp³-hybridized carbons (Fsp3) is 0.842. The second-order valence-corrected chi connectivity index (χ2v) is 8.57. The van der Waals surface area contributed by atoms with Crippen molar-refractivity contribution in [2.24, 2.45) is 17.8 Å². The molecule has 5 unspecified atom stereocenters. The molecule has 3 heterocycles. The van der Waals surface area contributed by atoms with E-state index in [9.17, 15) is 14.4 Å². The Balaban J connectivity index is 1.36. The topological polar surface area (TPSA) is 81.8 Å². The number of amides is 4. The lowest BCUT2D eigenvalue weighted by atomic mass is 9.78. The number of likely N-dealkylation sites (tertiary alicyclic amines) is 2. The Morgan fingerprint density at radius 1 is 1.00 bits per heavy atom. The van der Waals surface area contributed by atoms with E-state index in [0.29, 0.717) is 30.7 Å². The maximum Gasteiger partial charge on any atom is 0.317 e. The van der Waals surface area contributed by atoms with Gasteiger partial charge in [0.15, 0.2) is 0 Å². The monoisotopic (exact) mass is 362 g/mol. The van der Waals surface area contributed by atoms with Crippen LogP contribution in [0.15, 0.2) is 0 Å². The van der Waals surface area contributed by atoms with Gasteiger partial charge in [-0.15, -0.1) is 0 Å². The first-order chi connectivity index (χ1) is 12.5. The summed E-state index contributed by atoms with van der Waals surface area (Å²) in [7, 11) is 0. The van der Waals surface area contributed by atoms with E-state index in [0.717, 1.165) is 51.7 Å². The van der Waals surface area contributed by atoms with E-state index >= 15 is 0 Å². The van der Waals surface area contributed by atoms with Crippen LogP contribution < -0.4 is 10.6 Å². The minimum Gasteiger partial charge on any atom is -0.351 e. The van der Waals surface area contributed by atoms with Crippen molar-refractivity contribution in [2.45, 2.75) is 57.5 Å². The highest BCUT2D eigenvalue weighted by Gasteiger charge is 2.43. The Labute approximate surface area is 154 Å². The Morgan fingerprint density at radius 3 is 2.58 bits per heavy atom. The number of carbonyl (C=O) groups excluding carboxylic acids is 3. The van der Waals surface area contributed by atoms with Crippen LogP contribution in [0.5, 0.6) is 0 Å². The number of rotatable bonds is 1. The fourth-order valence-electron chi connectivity index (χ4n) is 5.45. The van der Waals surface area contributed by atoms with E-state index in [2.05, 4.69) is 10.6 Å². The number of nitrogens with zero attached hydrogens (tertiary/aromatic N) is 2. The van der Waals surface area contributed by atoms with Gasteiger partial charge in [0.2, 0.25) is 11.8 Å². The third-order valence-corrected chi connectivity index (χ3v) is 6.91. The molecular weight excluding hydrogens is 332 g/mol. The van der Waals surface area contributed by atoms with Crippen molar-refractivity contribution in [2.75, 3.05) is 26.2 Å². The molecule has 1 saturated carbocycles. The number of fused-ring (bicyclic) bond motifs is 2. The largest absolute Gasteiger partial charge is 0.351 e. The standard InChI is InChI=1S/C19H30N4O3/c1-12(24)22-8-13-4-2-6-16(15(13)10-22)21-19(26)23-9-14-5-3-7-18(25)20-17(14)11-23/h13-17H,2-11H2,1H3,(H,20,25)(H,21,26). The molecular formula is C19H30N4O3. The average Bonchev–Trinajstić information content (AvgIpc) is 3.16. The van der Waals surface area contributed by atoms with Gasteiger partial charge in [-0.25, -0.2) is 4.79 Å². The van der Waals surface area contributed by atoms with Crippen molar-refractivity contribution in [1.29, 1.82) is 0 Å². The van der Waals surface area contributed by atoms with Crippen LogP contribution in [0.25, 0.3) is 0 Å². The second-order valence-electron chi connectivity index (χ2n) is 8.57. The first kappa shape index (κ1) is 17.6. The second kappa shape index (κ2) is 7.08. The summed E-state index contributed by atoms with van der Waals surface area (Å²) in [5.74, 6) is 1.53. The van der Waals surface area contributed by atoms with Crippen molar-refractivity contribution in [3.05, 3.63) is 0 Å². The maximum atomic E-state index is 12.8. The van der Waals surface area contributed by atoms with Gasteiger partial charge in [-0.3, -0.25) is 9.59 Å². The average molecular weight is 362 g/mol. The van der Waals surface area contributed by atoms with Crippen LogP contribution in [0.2, 0.25) is 0 Å². The third kappa shape index (κ3) is 3.40. The van der Waals surface area contributed by atoms with Crippen LogP contribution in [-0.4, -0.2) is 65.9 Å². The lowest BCUT2D eigenvalue weighted by molar-refractivity contribution is -0.128. The van der Waals surface area contributed by atoms with Gasteiger partial charge >= 0.3 is 6.03 Å². The van der Waals surface area contributed by atoms with Gasteiger partial charge in [-0.05, 0) is 37.5 Å². The van der Waals surface area contributed by atoms with Crippen LogP contribution in [0.4, 0.5) is 4.79 Å². The predicted octanol–water partition coefficient (Wildman–Crippen LogP) is 0.944. The third-order valence-electron chi connectivity index (χ3n) is 6.91. The predicted molar refractivity (Wildman–Crippen MR) is 96.2 cm³/mol. The van der Waals surface area contributed by atoms with Crippen LogP contribution in [0, 0.1) is 17.8 Å². The minimum atomic E-state index is -0.000697. The van der Waals surface area contributed by atoms with E-state index < -0.39 is 0 Å². The van der Waals surface area contributed by atoms with Crippen LogP contribution in [0.1, 0.15) is 45.4 Å². The molecule has 0 spiro atoms. The van der Waals surface area contributed by atoms with E-state index in [-0.39, 0.29) is 29.9 Å². The highest BCUT2D eigenvalue weighted by atomic mass is 16.2. The first-order valence-corrected chi connectivity index (χ1v) is 10.1. The van der Waals surface area contributed by atoms with Crippen molar-refractivity contribution in [3.63, 3.8) is 0 Å². The molecule has 7 heteroatoms. The van der Waals surface area contributed by atoms with Gasteiger partial charge in [0.1, 0.15) is 0 Å². The quantitative estimate of drug-likeness (QED) is 0.728. The first-order valence-electron chi connectivity index (χ1n) is 10.1. The number of hydrogen-bond donors (Lipinski definition) is 2. The molecule has 3 saturated heterocycles. The lowest BCUT2D eigenvalue weighted by Gasteiger charge is -2.34. The number of hydrogen-bond acceptors (Lipinski definition) is 3. The molecule has 0 radical (unpaired) electrons. The molecule has 0 aromatic carbocycles. The smallest absolute Gasteiger partial charge is 0.317 e. The van der Waals surface area contributed by atoms with Crippen LogP contribution in [0.3, 0.4) is 0 Å². The maximum absolute atomic E-state index is 12.8. The number of nitrogens with one attached hydrogen (secondary N) is 2. The Kier molecular flexibility index (Phi) is 4.80. The summed E-state index contributed by atoms with van der Waals surface area (Å²) in [6.45, 7) is 4.59. The van der Waals surface area contributed by atoms with E-state index in [4.69, 9.17) is 0 Å². The molecule has 3 aliphatic heterocycles. The molecule has 4 fully saturated rings. The molecule has 5 atom stereocenters. The van der Waals surface area contributed by atoms with Crippen molar-refractivity contribution < 1.29 is 14.4 Å². The Morgan fingerprint density at radius 2 is 1.77 bits per heavy atom. The van der Waals surface area contributed by atoms with Gasteiger partial charge in [-0.2, -0.15) is 0 Å². The van der Waals surface area contributed by atoms with Gasteiger partial charge < -0.3 is 20.4 Å². The van der Waals surface area contributed by atoms with E-state index in [1.54, 1.807) is 6.92 Å². The highest BCUT2D eigenvalue weighted by Crippen LogP contribution is 2.36. The molecule has 26 heavy (non-hydrogen) atoms. The number of carbonyl (C=O) groups is 3. The normalized spacial score (nSPS) is 36.8. The van der Waals surface area contributed by atoms with Gasteiger partial charge in [0.25, 0.3) is 0 Å². The zero-order chi connectivity index (χ0) is 18.3. The summed E-state index contributed by atoms with van der Waals surface area (Å²) >= 11 is 0. The zero-order valence-electron chi connectivity index (χ0n) is 15.6. The molecule has 1 aliphatic carbocycles. The zero-order valence-corrected chi connectivity index (χ0v) is 15.6. The highest BCUT2D eigenvalue weighted by molar-refractivity contribution is 5.78. The molecule has 144 valence electrons. The molecule has 4 rings (SSSR count). The molecule has 0 aromatic rings. The summed E-state index contributed by atoms with van der Waals surface area (Å²) < 4.78 is 0. The summed E-state index contributed by atoms with van der Waals surface area (Å²) in [5.41, 5.74) is 0. The van der Waals surface area contributed by atoms with E-state index in [1.807, 2.05) is 9.80 Å². The molecule has 4 amide bonds. The fourth-order valence-corrected chi connectivity index (χ4v) is 5.45. The van der Waals surface area contributed by atoms with E-state index in [1.165, 1.54) is 0 Å². The molecule has 4 aliphatic rings. The summed E-state index contributed by atoms with van der Waals surface area (Å²) in [5, 5.41) is 6.34. The van der Waals surface area contributed by atoms with Gasteiger partial charge in [0, 0.05) is 51.5 Å². The molecule has 0 bridgehead atoms. The summed E-state index contributed by atoms with van der Waals surface area (Å²) in [6.07, 6.45) is 5.79. The summed E-state index contributed by atoms with van der Waals surface area (Å²) in [6, 6.07) is 0.263. The van der Waals surface area contributed by atoms with Crippen LogP contribution in [-0.2, 0) is 9.59 Å². The van der Waals surface area contributed by atoms with Crippen molar-refractivity contribution in [1.82, 2.24) is 20.4 Å². The summed E-state index contributed by atoms with van der Waals surface area (Å²) in [4.78, 5) is 40.2. The lowest BCUT2D eigenvalue weighted by Crippen LogP contribution is -2.50. The SMILES string of the molecule is CC(=O)N1CC2CCCC(NC(=O)N3CC4CCCC(=O)NC4C3)C2C1. The number of urea groups is 1. The Hall–Kier alpha value is -1.79. The molecule has 7 nitrogen and oxygen atoms in total. The van der Waals surface area contributed by atoms with Crippen molar-refractivity contribution in [3.8, 4) is 0 Å². The Bertz CT molecular complexity index is 595. The van der Waals surface area contributed by atoms with Crippen LogP contribution >= 0.6 is 0 Å². The van der Waals surface area contributed by atoms with Gasteiger partial charge in [0.05, 0.1) is 6.04 Å².